The van der Waals surface area contributed by atoms with Gasteiger partial charge in [-0.2, -0.15) is 4.98 Å². The van der Waals surface area contributed by atoms with Gasteiger partial charge in [0.1, 0.15) is 24.0 Å². The van der Waals surface area contributed by atoms with Crippen molar-refractivity contribution in [3.05, 3.63) is 88.6 Å². The summed E-state index contributed by atoms with van der Waals surface area (Å²) >= 11 is 3.15. The minimum absolute atomic E-state index is 0.0232. The Balaban J connectivity index is 1.44. The van der Waals surface area contributed by atoms with Crippen LogP contribution < -0.4 is 10.1 Å². The van der Waals surface area contributed by atoms with Gasteiger partial charge in [-0.1, -0.05) is 35.5 Å². The summed E-state index contributed by atoms with van der Waals surface area (Å²) in [7, 11) is 0. The van der Waals surface area contributed by atoms with Gasteiger partial charge in [-0.05, 0) is 72.6 Å². The van der Waals surface area contributed by atoms with Crippen LogP contribution in [0.1, 0.15) is 32.2 Å². The van der Waals surface area contributed by atoms with E-state index in [1.54, 1.807) is 45.0 Å². The van der Waals surface area contributed by atoms with Crippen molar-refractivity contribution in [3.63, 3.8) is 0 Å². The molecule has 1 amide bonds. The van der Waals surface area contributed by atoms with Crippen LogP contribution in [0, 0.1) is 5.82 Å². The van der Waals surface area contributed by atoms with E-state index >= 15 is 0 Å². The van der Waals surface area contributed by atoms with Gasteiger partial charge in [0.05, 0.1) is 6.42 Å². The fourth-order valence-electron chi connectivity index (χ4n) is 3.36. The number of rotatable bonds is 9. The Morgan fingerprint density at radius 2 is 1.82 bits per heavy atom. The quantitative estimate of drug-likeness (QED) is 0.226. The standard InChI is InChI=1S/C28H26BrFN4O6/c1-28(2,3)39-27(36)32-22(26(35)37-16-17-7-5-4-6-8-17)14-23-33-24(34-40-23)18-9-11-20(12-10-18)38-25-21(30)13-19(29)15-31-25/h4-13,15,22H,14,16H2,1-3H3,(H,32,36)/t22-/m0/s1. The molecule has 2 aromatic heterocycles. The maximum absolute atomic E-state index is 14.0. The zero-order valence-corrected chi connectivity index (χ0v) is 23.5. The number of pyridine rings is 1. The summed E-state index contributed by atoms with van der Waals surface area (Å²) in [6, 6.07) is 15.8. The minimum atomic E-state index is -1.14. The van der Waals surface area contributed by atoms with Gasteiger partial charge in [0.15, 0.2) is 5.82 Å². The van der Waals surface area contributed by atoms with Gasteiger partial charge >= 0.3 is 12.1 Å². The fraction of sp³-hybridized carbons (Fsp3) is 0.250. The molecule has 0 aliphatic heterocycles. The van der Waals surface area contributed by atoms with Crippen molar-refractivity contribution in [1.29, 1.82) is 0 Å². The van der Waals surface area contributed by atoms with Crippen LogP contribution in [0.15, 0.2) is 75.9 Å². The van der Waals surface area contributed by atoms with Crippen molar-refractivity contribution in [2.75, 3.05) is 0 Å². The molecule has 1 N–H and O–H groups in total. The van der Waals surface area contributed by atoms with Crippen molar-refractivity contribution < 1.29 is 32.7 Å². The van der Waals surface area contributed by atoms with Crippen molar-refractivity contribution >= 4 is 28.0 Å². The van der Waals surface area contributed by atoms with E-state index < -0.39 is 29.5 Å². The Labute approximate surface area is 238 Å². The zero-order valence-electron chi connectivity index (χ0n) is 21.9. The van der Waals surface area contributed by atoms with Gasteiger partial charge in [0.2, 0.25) is 11.7 Å². The van der Waals surface area contributed by atoms with E-state index in [4.69, 9.17) is 18.7 Å². The predicted octanol–water partition coefficient (Wildman–Crippen LogP) is 6.00. The number of hydrogen-bond donors (Lipinski definition) is 1. The Bertz CT molecular complexity index is 1460. The van der Waals surface area contributed by atoms with Crippen LogP contribution >= 0.6 is 15.9 Å². The third kappa shape index (κ3) is 8.34. The summed E-state index contributed by atoms with van der Waals surface area (Å²) in [5, 5.41) is 6.49. The molecule has 0 saturated carbocycles. The third-order valence-electron chi connectivity index (χ3n) is 5.15. The number of nitrogens with zero attached hydrogens (tertiary/aromatic N) is 3. The second kappa shape index (κ2) is 12.7. The summed E-state index contributed by atoms with van der Waals surface area (Å²) < 4.78 is 36.1. The van der Waals surface area contributed by atoms with Crippen LogP contribution in [0.4, 0.5) is 9.18 Å². The lowest BCUT2D eigenvalue weighted by atomic mass is 10.2. The number of hydrogen-bond acceptors (Lipinski definition) is 9. The van der Waals surface area contributed by atoms with Crippen molar-refractivity contribution in [1.82, 2.24) is 20.4 Å². The number of ether oxygens (including phenoxy) is 3. The molecule has 0 aliphatic rings. The summed E-state index contributed by atoms with van der Waals surface area (Å²) in [5.74, 6) is -0.787. The number of benzene rings is 2. The summed E-state index contributed by atoms with van der Waals surface area (Å²) in [6.45, 7) is 5.15. The van der Waals surface area contributed by atoms with E-state index in [0.717, 1.165) is 5.56 Å². The predicted molar refractivity (Wildman–Crippen MR) is 145 cm³/mol. The largest absolute Gasteiger partial charge is 0.459 e. The summed E-state index contributed by atoms with van der Waals surface area (Å²) in [5.41, 5.74) is 0.600. The van der Waals surface area contributed by atoms with Gasteiger partial charge in [-0.3, -0.25) is 0 Å². The normalized spacial score (nSPS) is 11.9. The molecular formula is C28H26BrFN4O6. The molecule has 0 unspecified atom stereocenters. The van der Waals surface area contributed by atoms with E-state index in [1.165, 1.54) is 12.3 Å². The van der Waals surface area contributed by atoms with E-state index in [-0.39, 0.29) is 30.6 Å². The smallest absolute Gasteiger partial charge is 0.408 e. The fourth-order valence-corrected chi connectivity index (χ4v) is 3.67. The Morgan fingerprint density at radius 3 is 2.50 bits per heavy atom. The van der Waals surface area contributed by atoms with Gasteiger partial charge in [-0.15, -0.1) is 0 Å². The van der Waals surface area contributed by atoms with Crippen molar-refractivity contribution in [3.8, 4) is 23.0 Å². The zero-order chi connectivity index (χ0) is 28.7. The molecule has 4 rings (SSSR count). The maximum Gasteiger partial charge on any atom is 0.408 e. The first-order valence-electron chi connectivity index (χ1n) is 12.2. The lowest BCUT2D eigenvalue weighted by Crippen LogP contribution is -2.45. The molecule has 208 valence electrons. The highest BCUT2D eigenvalue weighted by Crippen LogP contribution is 2.26. The first-order valence-corrected chi connectivity index (χ1v) is 13.0. The van der Waals surface area contributed by atoms with Crippen LogP contribution in [-0.2, 0) is 27.3 Å². The number of esters is 1. The second-order valence-corrected chi connectivity index (χ2v) is 10.5. The van der Waals surface area contributed by atoms with Crippen LogP contribution in [0.2, 0.25) is 0 Å². The number of carbonyl (C=O) groups excluding carboxylic acids is 2. The van der Waals surface area contributed by atoms with Crippen LogP contribution in [0.3, 0.4) is 0 Å². The average molecular weight is 613 g/mol. The highest BCUT2D eigenvalue weighted by atomic mass is 79.9. The Hall–Kier alpha value is -4.32. The van der Waals surface area contributed by atoms with Gasteiger partial charge in [0, 0.05) is 16.2 Å². The molecule has 4 aromatic rings. The van der Waals surface area contributed by atoms with E-state index in [1.807, 2.05) is 30.3 Å². The molecule has 0 aliphatic carbocycles. The van der Waals surface area contributed by atoms with Crippen LogP contribution in [0.25, 0.3) is 11.4 Å². The molecule has 0 radical (unpaired) electrons. The molecule has 0 saturated heterocycles. The average Bonchev–Trinajstić information content (AvgIpc) is 3.37. The second-order valence-electron chi connectivity index (χ2n) is 9.57. The highest BCUT2D eigenvalue weighted by Gasteiger charge is 2.28. The molecule has 0 bridgehead atoms. The summed E-state index contributed by atoms with van der Waals surface area (Å²) in [4.78, 5) is 33.6. The van der Waals surface area contributed by atoms with Gasteiger partial charge < -0.3 is 24.1 Å². The first kappa shape index (κ1) is 28.7. The first-order chi connectivity index (χ1) is 19.1. The number of alkyl carbamates (subject to hydrolysis) is 1. The van der Waals surface area contributed by atoms with E-state index in [9.17, 15) is 14.0 Å². The molecule has 10 nitrogen and oxygen atoms in total. The number of halogens is 2. The van der Waals surface area contributed by atoms with Gasteiger partial charge in [0.25, 0.3) is 5.88 Å². The molecule has 0 fully saturated rings. The van der Waals surface area contributed by atoms with Crippen molar-refractivity contribution in [2.45, 2.75) is 45.4 Å². The molecule has 2 heterocycles. The lowest BCUT2D eigenvalue weighted by Gasteiger charge is -2.22. The van der Waals surface area contributed by atoms with Gasteiger partial charge in [-0.25, -0.2) is 19.0 Å². The molecule has 1 atom stereocenters. The number of aromatic nitrogens is 3. The molecular weight excluding hydrogens is 587 g/mol. The third-order valence-corrected chi connectivity index (χ3v) is 5.58. The van der Waals surface area contributed by atoms with Crippen LogP contribution in [-0.4, -0.2) is 38.8 Å². The topological polar surface area (TPSA) is 126 Å². The molecule has 0 spiro atoms. The SMILES string of the molecule is CC(C)(C)OC(=O)N[C@@H](Cc1nc(-c2ccc(Oc3ncc(Br)cc3F)cc2)no1)C(=O)OCc1ccccc1. The molecule has 2 aromatic carbocycles. The highest BCUT2D eigenvalue weighted by molar-refractivity contribution is 9.10. The van der Waals surface area contributed by atoms with Crippen LogP contribution in [0.5, 0.6) is 11.6 Å². The molecule has 40 heavy (non-hydrogen) atoms. The Morgan fingerprint density at radius 1 is 1.10 bits per heavy atom. The molecule has 12 heteroatoms. The lowest BCUT2D eigenvalue weighted by molar-refractivity contribution is -0.147. The minimum Gasteiger partial charge on any atom is -0.459 e. The Kier molecular flexibility index (Phi) is 9.10. The summed E-state index contributed by atoms with van der Waals surface area (Å²) in [6.07, 6.45) is 0.507. The number of nitrogens with one attached hydrogen (secondary N) is 1. The maximum atomic E-state index is 14.0. The van der Waals surface area contributed by atoms with E-state index in [0.29, 0.717) is 15.8 Å². The monoisotopic (exact) mass is 612 g/mol. The van der Waals surface area contributed by atoms with E-state index in [2.05, 4.69) is 36.4 Å². The number of carbonyl (C=O) groups is 2. The number of amides is 1. The van der Waals surface area contributed by atoms with Crippen molar-refractivity contribution in [2.24, 2.45) is 0 Å².